The Morgan fingerprint density at radius 3 is 2.68 bits per heavy atom. The number of benzene rings is 1. The Kier molecular flexibility index (Phi) is 4.44. The first kappa shape index (κ1) is 17.3. The number of nitrogens with zero attached hydrogens (tertiary/aromatic N) is 2. The van der Waals surface area contributed by atoms with Crippen molar-refractivity contribution in [3.05, 3.63) is 51.8 Å². The zero-order chi connectivity index (χ0) is 18.2. The summed E-state index contributed by atoms with van der Waals surface area (Å²) in [5, 5.41) is 14.6. The van der Waals surface area contributed by atoms with Crippen molar-refractivity contribution in [2.24, 2.45) is 0 Å². The number of alkyl halides is 3. The minimum absolute atomic E-state index is 0.0127. The maximum absolute atomic E-state index is 12.8. The lowest BCUT2D eigenvalue weighted by Crippen LogP contribution is -2.18. The minimum atomic E-state index is -4.70. The molecule has 1 amide bonds. The first-order chi connectivity index (χ1) is 11.8. The quantitative estimate of drug-likeness (QED) is 0.621. The molecule has 25 heavy (non-hydrogen) atoms. The van der Waals surface area contributed by atoms with Crippen LogP contribution in [0.4, 0.5) is 19.0 Å². The molecule has 0 saturated heterocycles. The van der Waals surface area contributed by atoms with Crippen molar-refractivity contribution in [1.29, 1.82) is 0 Å². The second-order valence-electron chi connectivity index (χ2n) is 4.88. The molecule has 0 fully saturated rings. The first-order valence-electron chi connectivity index (χ1n) is 6.69. The summed E-state index contributed by atoms with van der Waals surface area (Å²) in [6, 6.07) is 6.36. The van der Waals surface area contributed by atoms with E-state index in [1.54, 1.807) is 18.2 Å². The van der Waals surface area contributed by atoms with Crippen LogP contribution in [-0.4, -0.2) is 26.3 Å². The molecule has 2 aromatic heterocycles. The molecule has 130 valence electrons. The van der Waals surface area contributed by atoms with E-state index >= 15 is 0 Å². The lowest BCUT2D eigenvalue weighted by Gasteiger charge is -2.06. The zero-order valence-corrected chi connectivity index (χ0v) is 13.6. The van der Waals surface area contributed by atoms with E-state index in [0.717, 1.165) is 0 Å². The minimum Gasteiger partial charge on any atom is -0.304 e. The molecule has 3 N–H and O–H groups in total. The van der Waals surface area contributed by atoms with Gasteiger partial charge >= 0.3 is 6.18 Å². The van der Waals surface area contributed by atoms with Gasteiger partial charge in [0.15, 0.2) is 5.82 Å². The van der Waals surface area contributed by atoms with Gasteiger partial charge < -0.3 is 5.32 Å². The summed E-state index contributed by atoms with van der Waals surface area (Å²) in [5.74, 6) is -1.01. The summed E-state index contributed by atoms with van der Waals surface area (Å²) in [5.41, 5.74) is -0.917. The highest BCUT2D eigenvalue weighted by molar-refractivity contribution is 6.43. The molecule has 0 aliphatic rings. The lowest BCUT2D eigenvalue weighted by atomic mass is 10.1. The molecule has 6 nitrogen and oxygen atoms in total. The van der Waals surface area contributed by atoms with Crippen molar-refractivity contribution >= 4 is 34.9 Å². The standard InChI is InChI=1S/C14H8Cl2F3N5O/c15-8-3-1-2-6(11(8)16)9-4-10(23-22-9)21-13(25)12-7(5-20-24-12)14(17,18)19/h1-5H,(H,20,24)(H2,21,22,23,25). The molecule has 3 rings (SSSR count). The van der Waals surface area contributed by atoms with Gasteiger partial charge in [0.25, 0.3) is 5.91 Å². The fraction of sp³-hybridized carbons (Fsp3) is 0.0714. The fourth-order valence-corrected chi connectivity index (χ4v) is 2.49. The van der Waals surface area contributed by atoms with E-state index < -0.39 is 23.3 Å². The monoisotopic (exact) mass is 389 g/mol. The number of halogens is 5. The van der Waals surface area contributed by atoms with Gasteiger partial charge in [-0.15, -0.1) is 0 Å². The van der Waals surface area contributed by atoms with Gasteiger partial charge in [0, 0.05) is 11.6 Å². The maximum Gasteiger partial charge on any atom is 0.420 e. The van der Waals surface area contributed by atoms with Crippen molar-refractivity contribution < 1.29 is 18.0 Å². The summed E-state index contributed by atoms with van der Waals surface area (Å²) < 4.78 is 38.4. The number of rotatable bonds is 3. The average molecular weight is 390 g/mol. The molecule has 0 atom stereocenters. The summed E-state index contributed by atoms with van der Waals surface area (Å²) in [6.07, 6.45) is -4.17. The number of H-pyrrole nitrogens is 2. The molecule has 0 saturated carbocycles. The van der Waals surface area contributed by atoms with E-state index in [0.29, 0.717) is 22.5 Å². The van der Waals surface area contributed by atoms with Crippen molar-refractivity contribution in [2.75, 3.05) is 5.32 Å². The van der Waals surface area contributed by atoms with Crippen LogP contribution in [0.1, 0.15) is 16.1 Å². The summed E-state index contributed by atoms with van der Waals surface area (Å²) >= 11 is 12.0. The molecule has 0 aliphatic carbocycles. The highest BCUT2D eigenvalue weighted by Gasteiger charge is 2.37. The summed E-state index contributed by atoms with van der Waals surface area (Å²) in [6.45, 7) is 0. The molecule has 0 bridgehead atoms. The Morgan fingerprint density at radius 1 is 1.20 bits per heavy atom. The van der Waals surface area contributed by atoms with E-state index in [4.69, 9.17) is 23.2 Å². The third kappa shape index (κ3) is 3.47. The van der Waals surface area contributed by atoms with Gasteiger partial charge in [-0.25, -0.2) is 0 Å². The zero-order valence-electron chi connectivity index (χ0n) is 12.1. The van der Waals surface area contributed by atoms with Crippen molar-refractivity contribution in [3.8, 4) is 11.3 Å². The lowest BCUT2D eigenvalue weighted by molar-refractivity contribution is -0.137. The van der Waals surface area contributed by atoms with Crippen LogP contribution in [0, 0.1) is 0 Å². The van der Waals surface area contributed by atoms with Crippen LogP contribution in [0.2, 0.25) is 10.0 Å². The summed E-state index contributed by atoms with van der Waals surface area (Å²) in [4.78, 5) is 12.0. The number of amides is 1. The smallest absolute Gasteiger partial charge is 0.304 e. The Balaban J connectivity index is 1.84. The van der Waals surface area contributed by atoms with Gasteiger partial charge in [-0.05, 0) is 6.07 Å². The number of hydrogen-bond donors (Lipinski definition) is 3. The van der Waals surface area contributed by atoms with Crippen molar-refractivity contribution in [1.82, 2.24) is 20.4 Å². The van der Waals surface area contributed by atoms with Gasteiger partial charge in [0.05, 0.1) is 21.9 Å². The Morgan fingerprint density at radius 2 is 1.96 bits per heavy atom. The topological polar surface area (TPSA) is 86.5 Å². The molecule has 0 unspecified atom stereocenters. The van der Waals surface area contributed by atoms with Crippen LogP contribution < -0.4 is 5.32 Å². The second-order valence-corrected chi connectivity index (χ2v) is 5.66. The van der Waals surface area contributed by atoms with Gasteiger partial charge in [0.1, 0.15) is 11.3 Å². The molecular weight excluding hydrogens is 382 g/mol. The van der Waals surface area contributed by atoms with Gasteiger partial charge in [-0.1, -0.05) is 35.3 Å². The average Bonchev–Trinajstić information content (AvgIpc) is 3.18. The number of carbonyl (C=O) groups excluding carboxylic acids is 1. The second kappa shape index (κ2) is 6.41. The van der Waals surface area contributed by atoms with E-state index in [2.05, 4.69) is 20.6 Å². The van der Waals surface area contributed by atoms with Crippen molar-refractivity contribution in [3.63, 3.8) is 0 Å². The molecule has 0 aliphatic heterocycles. The van der Waals surface area contributed by atoms with E-state index in [9.17, 15) is 18.0 Å². The number of anilines is 1. The molecule has 1 aromatic carbocycles. The molecule has 2 heterocycles. The van der Waals surface area contributed by atoms with Crippen LogP contribution in [-0.2, 0) is 6.18 Å². The number of carbonyl (C=O) groups is 1. The Hall–Kier alpha value is -2.52. The van der Waals surface area contributed by atoms with Crippen LogP contribution >= 0.6 is 23.2 Å². The van der Waals surface area contributed by atoms with Gasteiger partial charge in [0.2, 0.25) is 0 Å². The van der Waals surface area contributed by atoms with Crippen LogP contribution in [0.5, 0.6) is 0 Å². The van der Waals surface area contributed by atoms with E-state index in [-0.39, 0.29) is 10.8 Å². The number of aromatic amines is 2. The number of hydrogen-bond acceptors (Lipinski definition) is 3. The largest absolute Gasteiger partial charge is 0.420 e. The Bertz CT molecular complexity index is 935. The first-order valence-corrected chi connectivity index (χ1v) is 7.44. The third-order valence-corrected chi connectivity index (χ3v) is 4.05. The molecule has 3 aromatic rings. The molecular formula is C14H8Cl2F3N5O. The van der Waals surface area contributed by atoms with E-state index in [1.165, 1.54) is 6.07 Å². The summed E-state index contributed by atoms with van der Waals surface area (Å²) in [7, 11) is 0. The van der Waals surface area contributed by atoms with Crippen LogP contribution in [0.25, 0.3) is 11.3 Å². The van der Waals surface area contributed by atoms with Gasteiger partial charge in [-0.3, -0.25) is 15.0 Å². The Labute approximate surface area is 148 Å². The maximum atomic E-state index is 12.8. The SMILES string of the molecule is O=C(Nc1cc(-c2cccc(Cl)c2Cl)[nH]n1)c1[nH]ncc1C(F)(F)F. The predicted molar refractivity (Wildman–Crippen MR) is 85.6 cm³/mol. The molecule has 11 heteroatoms. The third-order valence-electron chi connectivity index (χ3n) is 3.23. The van der Waals surface area contributed by atoms with Crippen LogP contribution in [0.15, 0.2) is 30.5 Å². The van der Waals surface area contributed by atoms with Crippen LogP contribution in [0.3, 0.4) is 0 Å². The normalized spacial score (nSPS) is 11.6. The number of aromatic nitrogens is 4. The molecule has 0 radical (unpaired) electrons. The van der Waals surface area contributed by atoms with E-state index in [1.807, 2.05) is 5.10 Å². The predicted octanol–water partition coefficient (Wildman–Crippen LogP) is 4.38. The number of nitrogens with one attached hydrogen (secondary N) is 3. The van der Waals surface area contributed by atoms with Crippen molar-refractivity contribution in [2.45, 2.75) is 6.18 Å². The molecule has 0 spiro atoms. The fourth-order valence-electron chi connectivity index (χ4n) is 2.09. The highest BCUT2D eigenvalue weighted by atomic mass is 35.5. The highest BCUT2D eigenvalue weighted by Crippen LogP contribution is 2.34. The van der Waals surface area contributed by atoms with Gasteiger partial charge in [-0.2, -0.15) is 23.4 Å².